The summed E-state index contributed by atoms with van der Waals surface area (Å²) in [7, 11) is 0. The first-order chi connectivity index (χ1) is 6.77. The topological polar surface area (TPSA) is 9.23 Å². The Labute approximate surface area is 87.3 Å². The number of alkyl halides is 1. The van der Waals surface area contributed by atoms with Crippen LogP contribution < -0.4 is 0 Å². The highest BCUT2D eigenvalue weighted by Gasteiger charge is 1.92. The molecule has 0 aromatic carbocycles. The molecule has 0 aliphatic carbocycles. The van der Waals surface area contributed by atoms with Crippen LogP contribution >= 0.6 is 0 Å². The summed E-state index contributed by atoms with van der Waals surface area (Å²) >= 11 is 0. The van der Waals surface area contributed by atoms with Crippen LogP contribution in [0.5, 0.6) is 0 Å². The van der Waals surface area contributed by atoms with Gasteiger partial charge in [-0.15, -0.1) is 0 Å². The minimum Gasteiger partial charge on any atom is -0.499 e. The van der Waals surface area contributed by atoms with Crippen molar-refractivity contribution in [3.63, 3.8) is 0 Å². The van der Waals surface area contributed by atoms with Crippen molar-refractivity contribution in [3.05, 3.63) is 12.3 Å². The molecule has 0 aliphatic rings. The smallest absolute Gasteiger partial charge is 0.0894 e. The molecular formula is C12H23FO. The lowest BCUT2D eigenvalue weighted by molar-refractivity contribution is 0.208. The van der Waals surface area contributed by atoms with Gasteiger partial charge in [0.1, 0.15) is 0 Å². The van der Waals surface area contributed by atoms with Gasteiger partial charge in [-0.05, 0) is 19.8 Å². The lowest BCUT2D eigenvalue weighted by atomic mass is 10.1. The van der Waals surface area contributed by atoms with E-state index in [2.05, 4.69) is 6.58 Å². The predicted octanol–water partition coefficient (Wildman–Crippen LogP) is 4.24. The second-order valence-corrected chi connectivity index (χ2v) is 3.71. The molecule has 0 bridgehead atoms. The Morgan fingerprint density at radius 1 is 1.00 bits per heavy atom. The molecule has 0 fully saturated rings. The summed E-state index contributed by atoms with van der Waals surface area (Å²) < 4.78 is 17.0. The first-order valence-electron chi connectivity index (χ1n) is 5.61. The van der Waals surface area contributed by atoms with E-state index >= 15 is 0 Å². The SMILES string of the molecule is C=C(C)OCCCCCCCCCF. The van der Waals surface area contributed by atoms with Crippen LogP contribution in [0.15, 0.2) is 12.3 Å². The Kier molecular flexibility index (Phi) is 10.2. The number of rotatable bonds is 10. The van der Waals surface area contributed by atoms with Gasteiger partial charge in [-0.2, -0.15) is 0 Å². The van der Waals surface area contributed by atoms with Crippen LogP contribution in [0.25, 0.3) is 0 Å². The van der Waals surface area contributed by atoms with Crippen LogP contribution in [0.3, 0.4) is 0 Å². The van der Waals surface area contributed by atoms with Gasteiger partial charge in [-0.1, -0.05) is 38.7 Å². The van der Waals surface area contributed by atoms with Crippen molar-refractivity contribution < 1.29 is 9.13 Å². The fourth-order valence-corrected chi connectivity index (χ4v) is 1.33. The molecule has 0 atom stereocenters. The van der Waals surface area contributed by atoms with Crippen molar-refractivity contribution in [1.29, 1.82) is 0 Å². The van der Waals surface area contributed by atoms with Gasteiger partial charge in [0.05, 0.1) is 19.0 Å². The molecule has 0 aliphatic heterocycles. The Hall–Kier alpha value is -0.530. The third kappa shape index (κ3) is 11.5. The monoisotopic (exact) mass is 202 g/mol. The molecular weight excluding hydrogens is 179 g/mol. The van der Waals surface area contributed by atoms with Gasteiger partial charge in [-0.25, -0.2) is 0 Å². The molecule has 0 radical (unpaired) electrons. The molecule has 0 rings (SSSR count). The number of allylic oxidation sites excluding steroid dienone is 1. The maximum absolute atomic E-state index is 11.7. The van der Waals surface area contributed by atoms with Gasteiger partial charge in [0.25, 0.3) is 0 Å². The summed E-state index contributed by atoms with van der Waals surface area (Å²) in [5.74, 6) is 0.799. The zero-order valence-corrected chi connectivity index (χ0v) is 9.36. The molecule has 0 aromatic rings. The molecule has 0 N–H and O–H groups in total. The van der Waals surface area contributed by atoms with E-state index in [4.69, 9.17) is 4.74 Å². The van der Waals surface area contributed by atoms with Crippen molar-refractivity contribution in [1.82, 2.24) is 0 Å². The second kappa shape index (κ2) is 10.6. The molecule has 0 unspecified atom stereocenters. The molecule has 2 heteroatoms. The summed E-state index contributed by atoms with van der Waals surface area (Å²) in [5, 5.41) is 0. The standard InChI is InChI=1S/C12H23FO/c1-12(2)14-11-9-7-5-3-4-6-8-10-13/h1,3-11H2,2H3. The van der Waals surface area contributed by atoms with E-state index in [0.29, 0.717) is 0 Å². The van der Waals surface area contributed by atoms with Crippen molar-refractivity contribution in [3.8, 4) is 0 Å². The zero-order chi connectivity index (χ0) is 10.6. The normalized spacial score (nSPS) is 10.1. The lowest BCUT2D eigenvalue weighted by Crippen LogP contribution is -1.91. The van der Waals surface area contributed by atoms with E-state index in [0.717, 1.165) is 31.6 Å². The van der Waals surface area contributed by atoms with E-state index in [-0.39, 0.29) is 6.67 Å². The minimum absolute atomic E-state index is 0.160. The molecule has 0 spiro atoms. The van der Waals surface area contributed by atoms with Gasteiger partial charge in [0.15, 0.2) is 0 Å². The average molecular weight is 202 g/mol. The summed E-state index contributed by atoms with van der Waals surface area (Å²) in [6, 6.07) is 0. The van der Waals surface area contributed by atoms with Crippen LogP contribution in [-0.2, 0) is 4.74 Å². The Balaban J connectivity index is 2.88. The summed E-state index contributed by atoms with van der Waals surface area (Å²) in [6.07, 6.45) is 7.74. The third-order valence-corrected chi connectivity index (χ3v) is 2.13. The van der Waals surface area contributed by atoms with E-state index in [9.17, 15) is 4.39 Å². The number of halogens is 1. The lowest BCUT2D eigenvalue weighted by Gasteiger charge is -2.04. The van der Waals surface area contributed by atoms with Crippen molar-refractivity contribution >= 4 is 0 Å². The second-order valence-electron chi connectivity index (χ2n) is 3.71. The highest BCUT2D eigenvalue weighted by molar-refractivity contribution is 4.73. The Bertz CT molecular complexity index is 134. The predicted molar refractivity (Wildman–Crippen MR) is 59.1 cm³/mol. The fourth-order valence-electron chi connectivity index (χ4n) is 1.33. The molecule has 84 valence electrons. The summed E-state index contributed by atoms with van der Waals surface area (Å²) in [5.41, 5.74) is 0. The van der Waals surface area contributed by atoms with Crippen LogP contribution in [0.1, 0.15) is 51.9 Å². The van der Waals surface area contributed by atoms with Crippen molar-refractivity contribution in [2.24, 2.45) is 0 Å². The number of hydrogen-bond donors (Lipinski definition) is 0. The molecule has 1 nitrogen and oxygen atoms in total. The van der Waals surface area contributed by atoms with Crippen molar-refractivity contribution in [2.75, 3.05) is 13.3 Å². The van der Waals surface area contributed by atoms with E-state index in [1.165, 1.54) is 25.7 Å². The van der Waals surface area contributed by atoms with Crippen molar-refractivity contribution in [2.45, 2.75) is 51.9 Å². The van der Waals surface area contributed by atoms with Crippen LogP contribution in [-0.4, -0.2) is 13.3 Å². The quantitative estimate of drug-likeness (QED) is 0.380. The van der Waals surface area contributed by atoms with Gasteiger partial charge in [-0.3, -0.25) is 4.39 Å². The fraction of sp³-hybridized carbons (Fsp3) is 0.833. The average Bonchev–Trinajstić information content (AvgIpc) is 2.15. The molecule has 0 amide bonds. The van der Waals surface area contributed by atoms with E-state index in [1.807, 2.05) is 6.92 Å². The zero-order valence-electron chi connectivity index (χ0n) is 9.36. The molecule has 0 aromatic heterocycles. The minimum atomic E-state index is -0.160. The van der Waals surface area contributed by atoms with E-state index in [1.54, 1.807) is 0 Å². The largest absolute Gasteiger partial charge is 0.499 e. The molecule has 0 saturated heterocycles. The molecule has 14 heavy (non-hydrogen) atoms. The molecule has 0 saturated carbocycles. The summed E-state index contributed by atoms with van der Waals surface area (Å²) in [4.78, 5) is 0. The molecule has 0 heterocycles. The summed E-state index contributed by atoms with van der Waals surface area (Å²) in [6.45, 7) is 6.17. The van der Waals surface area contributed by atoms with Crippen LogP contribution in [0.4, 0.5) is 4.39 Å². The van der Waals surface area contributed by atoms with Gasteiger partial charge in [0, 0.05) is 0 Å². The number of unbranched alkanes of at least 4 members (excludes halogenated alkanes) is 6. The van der Waals surface area contributed by atoms with Crippen LogP contribution in [0, 0.1) is 0 Å². The maximum Gasteiger partial charge on any atom is 0.0894 e. The third-order valence-electron chi connectivity index (χ3n) is 2.13. The Morgan fingerprint density at radius 3 is 2.00 bits per heavy atom. The highest BCUT2D eigenvalue weighted by atomic mass is 19.1. The highest BCUT2D eigenvalue weighted by Crippen LogP contribution is 2.07. The van der Waals surface area contributed by atoms with Gasteiger partial charge >= 0.3 is 0 Å². The van der Waals surface area contributed by atoms with Gasteiger partial charge < -0.3 is 4.74 Å². The number of ether oxygens (including phenoxy) is 1. The Morgan fingerprint density at radius 2 is 1.50 bits per heavy atom. The number of hydrogen-bond acceptors (Lipinski definition) is 1. The first kappa shape index (κ1) is 13.5. The maximum atomic E-state index is 11.7. The van der Waals surface area contributed by atoms with Crippen LogP contribution in [0.2, 0.25) is 0 Å². The van der Waals surface area contributed by atoms with Gasteiger partial charge in [0.2, 0.25) is 0 Å². The first-order valence-corrected chi connectivity index (χ1v) is 5.61. The van der Waals surface area contributed by atoms with E-state index < -0.39 is 0 Å².